The number of nitro groups is 2. The zero-order valence-electron chi connectivity index (χ0n) is 6.79. The average molecular weight is 200 g/mol. The van der Waals surface area contributed by atoms with Crippen LogP contribution in [-0.4, -0.2) is 9.85 Å². The minimum atomic E-state index is -3.76. The van der Waals surface area contributed by atoms with Gasteiger partial charge in [0.05, 0.1) is 0 Å². The van der Waals surface area contributed by atoms with Crippen LogP contribution in [0.15, 0.2) is 30.3 Å². The minimum Gasteiger partial charge on any atom is -0.256 e. The molecule has 0 N–H and O–H groups in total. The van der Waals surface area contributed by atoms with Gasteiger partial charge in [0.25, 0.3) is 0 Å². The molecule has 0 atom stereocenters. The Hall–Kier alpha value is -2.05. The van der Waals surface area contributed by atoms with Crippen LogP contribution in [0, 0.1) is 20.2 Å². The summed E-state index contributed by atoms with van der Waals surface area (Å²) in [5.41, 5.74) is -0.602. The van der Waals surface area contributed by atoms with Crippen LogP contribution in [0.1, 0.15) is 5.56 Å². The first-order valence-corrected chi connectivity index (χ1v) is 3.53. The van der Waals surface area contributed by atoms with Crippen LogP contribution >= 0.6 is 0 Å². The first-order valence-electron chi connectivity index (χ1n) is 3.53. The Morgan fingerprint density at radius 2 is 1.50 bits per heavy atom. The van der Waals surface area contributed by atoms with Crippen LogP contribution in [0.25, 0.3) is 0 Å². The van der Waals surface area contributed by atoms with E-state index in [0.29, 0.717) is 0 Å². The van der Waals surface area contributed by atoms with Crippen molar-refractivity contribution < 1.29 is 14.2 Å². The number of alkyl halides is 1. The molecule has 0 heterocycles. The summed E-state index contributed by atoms with van der Waals surface area (Å²) in [7, 11) is 0. The van der Waals surface area contributed by atoms with E-state index in [0.717, 1.165) is 12.1 Å². The van der Waals surface area contributed by atoms with Crippen LogP contribution in [-0.2, 0) is 5.92 Å². The molecule has 6 nitrogen and oxygen atoms in total. The van der Waals surface area contributed by atoms with Crippen molar-refractivity contribution in [1.29, 1.82) is 0 Å². The highest BCUT2D eigenvalue weighted by Gasteiger charge is 2.59. The molecule has 0 radical (unpaired) electrons. The van der Waals surface area contributed by atoms with E-state index in [9.17, 15) is 24.6 Å². The second-order valence-corrected chi connectivity index (χ2v) is 2.47. The maximum atomic E-state index is 13.4. The highest BCUT2D eigenvalue weighted by atomic mass is 19.2. The van der Waals surface area contributed by atoms with Gasteiger partial charge in [0.15, 0.2) is 0 Å². The van der Waals surface area contributed by atoms with Crippen LogP contribution in [0.2, 0.25) is 0 Å². The van der Waals surface area contributed by atoms with Gasteiger partial charge in [-0.25, -0.2) is 0 Å². The highest BCUT2D eigenvalue weighted by molar-refractivity contribution is 5.17. The van der Waals surface area contributed by atoms with Gasteiger partial charge in [0.2, 0.25) is 0 Å². The number of rotatable bonds is 3. The Labute approximate surface area is 77.3 Å². The lowest BCUT2D eigenvalue weighted by atomic mass is 10.1. The molecule has 7 heteroatoms. The summed E-state index contributed by atoms with van der Waals surface area (Å²) in [6.45, 7) is 0. The topological polar surface area (TPSA) is 86.3 Å². The van der Waals surface area contributed by atoms with Crippen molar-refractivity contribution in [2.45, 2.75) is 5.92 Å². The molecule has 0 amide bonds. The van der Waals surface area contributed by atoms with Gasteiger partial charge in [-0.15, -0.1) is 0 Å². The van der Waals surface area contributed by atoms with Crippen LogP contribution in [0.4, 0.5) is 4.39 Å². The van der Waals surface area contributed by atoms with Crippen molar-refractivity contribution >= 4 is 0 Å². The first kappa shape index (κ1) is 10.0. The zero-order chi connectivity index (χ0) is 10.8. The standard InChI is InChI=1S/C7H5FN2O4/c8-7(9(11)12,10(13)14)6-4-2-1-3-5-6/h1-5H. The third-order valence-corrected chi connectivity index (χ3v) is 1.62. The van der Waals surface area contributed by atoms with Crippen molar-refractivity contribution in [3.8, 4) is 0 Å². The first-order chi connectivity index (χ1) is 6.49. The third-order valence-electron chi connectivity index (χ3n) is 1.62. The summed E-state index contributed by atoms with van der Waals surface area (Å²) in [5, 5.41) is 20.5. The summed E-state index contributed by atoms with van der Waals surface area (Å²) in [4.78, 5) is 17.4. The summed E-state index contributed by atoms with van der Waals surface area (Å²) in [6.07, 6.45) is 0. The fourth-order valence-electron chi connectivity index (χ4n) is 0.928. The van der Waals surface area contributed by atoms with E-state index in [1.807, 2.05) is 0 Å². The smallest absolute Gasteiger partial charge is 0.256 e. The lowest BCUT2D eigenvalue weighted by Crippen LogP contribution is -2.38. The van der Waals surface area contributed by atoms with Crippen LogP contribution < -0.4 is 0 Å². The Bertz CT molecular complexity index is 353. The maximum absolute atomic E-state index is 13.4. The lowest BCUT2D eigenvalue weighted by Gasteiger charge is -2.06. The van der Waals surface area contributed by atoms with Crippen LogP contribution in [0.5, 0.6) is 0 Å². The van der Waals surface area contributed by atoms with Gasteiger partial charge in [0, 0.05) is 0 Å². The lowest BCUT2D eigenvalue weighted by molar-refractivity contribution is -0.846. The number of hydrogen-bond acceptors (Lipinski definition) is 4. The second kappa shape index (κ2) is 3.36. The van der Waals surface area contributed by atoms with E-state index in [4.69, 9.17) is 0 Å². The molecule has 14 heavy (non-hydrogen) atoms. The SMILES string of the molecule is O=[N+]([O-])C(F)(c1ccccc1)[N+](=O)[O-]. The second-order valence-electron chi connectivity index (χ2n) is 2.47. The van der Waals surface area contributed by atoms with Gasteiger partial charge in [-0.1, -0.05) is 22.6 Å². The van der Waals surface area contributed by atoms with Crippen molar-refractivity contribution in [2.75, 3.05) is 0 Å². The van der Waals surface area contributed by atoms with E-state index in [2.05, 4.69) is 0 Å². The van der Waals surface area contributed by atoms with Gasteiger partial charge in [0.1, 0.15) is 15.4 Å². The Balaban J connectivity index is 3.27. The minimum absolute atomic E-state index is 0.602. The normalized spacial score (nSPS) is 10.9. The molecule has 0 aliphatic rings. The molecular weight excluding hydrogens is 195 g/mol. The molecule has 1 aromatic rings. The van der Waals surface area contributed by atoms with Crippen LogP contribution in [0.3, 0.4) is 0 Å². The van der Waals surface area contributed by atoms with Gasteiger partial charge in [-0.05, 0) is 12.1 Å². The third kappa shape index (κ3) is 1.39. The number of nitrogens with zero attached hydrogens (tertiary/aromatic N) is 2. The van der Waals surface area contributed by atoms with E-state index in [1.54, 1.807) is 0 Å². The summed E-state index contributed by atoms with van der Waals surface area (Å²) in [6, 6.07) is 6.04. The fraction of sp³-hybridized carbons (Fsp3) is 0.143. The van der Waals surface area contributed by atoms with E-state index < -0.39 is 21.3 Å². The molecule has 1 rings (SSSR count). The van der Waals surface area contributed by atoms with E-state index in [1.165, 1.54) is 18.2 Å². The quantitative estimate of drug-likeness (QED) is 0.318. The van der Waals surface area contributed by atoms with E-state index >= 15 is 0 Å². The molecule has 0 fully saturated rings. The number of halogens is 1. The summed E-state index contributed by atoms with van der Waals surface area (Å²) in [5.74, 6) is -3.76. The zero-order valence-corrected chi connectivity index (χ0v) is 6.79. The number of benzene rings is 1. The molecule has 0 aromatic heterocycles. The molecule has 0 saturated heterocycles. The summed E-state index contributed by atoms with van der Waals surface area (Å²) < 4.78 is 13.4. The van der Waals surface area contributed by atoms with Gasteiger partial charge >= 0.3 is 5.92 Å². The Kier molecular flexibility index (Phi) is 2.41. The highest BCUT2D eigenvalue weighted by Crippen LogP contribution is 2.26. The monoisotopic (exact) mass is 200 g/mol. The molecule has 0 aliphatic carbocycles. The van der Waals surface area contributed by atoms with Crippen molar-refractivity contribution in [3.05, 3.63) is 56.1 Å². The predicted octanol–water partition coefficient (Wildman–Crippen LogP) is 1.32. The van der Waals surface area contributed by atoms with Gasteiger partial charge in [-0.2, -0.15) is 0 Å². The predicted molar refractivity (Wildman–Crippen MR) is 43.2 cm³/mol. The van der Waals surface area contributed by atoms with Gasteiger partial charge in [-0.3, -0.25) is 20.2 Å². The molecule has 0 aliphatic heterocycles. The molecule has 74 valence electrons. The van der Waals surface area contributed by atoms with Crippen molar-refractivity contribution in [2.24, 2.45) is 0 Å². The molecule has 0 bridgehead atoms. The molecule has 0 unspecified atom stereocenters. The largest absolute Gasteiger partial charge is 0.642 e. The Morgan fingerprint density at radius 3 is 1.86 bits per heavy atom. The average Bonchev–Trinajstić information content (AvgIpc) is 2.17. The fourth-order valence-corrected chi connectivity index (χ4v) is 0.928. The van der Waals surface area contributed by atoms with Crippen molar-refractivity contribution in [1.82, 2.24) is 0 Å². The maximum Gasteiger partial charge on any atom is 0.642 e. The Morgan fingerprint density at radius 1 is 1.07 bits per heavy atom. The molecule has 1 aromatic carbocycles. The van der Waals surface area contributed by atoms with Crippen molar-refractivity contribution in [3.63, 3.8) is 0 Å². The molecule has 0 saturated carbocycles. The van der Waals surface area contributed by atoms with E-state index in [-0.39, 0.29) is 0 Å². The molecule has 0 spiro atoms. The number of hydrogen-bond donors (Lipinski definition) is 0. The molecular formula is C7H5FN2O4. The van der Waals surface area contributed by atoms with Gasteiger partial charge < -0.3 is 0 Å². The summed E-state index contributed by atoms with van der Waals surface area (Å²) >= 11 is 0.